The topological polar surface area (TPSA) is 24.9 Å². The van der Waals surface area contributed by atoms with Crippen molar-refractivity contribution in [1.82, 2.24) is 10.3 Å². The minimum Gasteiger partial charge on any atom is -0.313 e. The van der Waals surface area contributed by atoms with Gasteiger partial charge in [-0.15, -0.1) is 0 Å². The summed E-state index contributed by atoms with van der Waals surface area (Å²) in [6.07, 6.45) is 3.04. The molecule has 0 aliphatic carbocycles. The third-order valence-electron chi connectivity index (χ3n) is 2.08. The summed E-state index contributed by atoms with van der Waals surface area (Å²) in [5.41, 5.74) is 2.46. The highest BCUT2D eigenvalue weighted by Gasteiger charge is 1.99. The molecule has 0 spiro atoms. The molecule has 14 heavy (non-hydrogen) atoms. The molecule has 1 aromatic rings. The van der Waals surface area contributed by atoms with Crippen LogP contribution >= 0.6 is 0 Å². The molecule has 0 aliphatic heterocycles. The molecule has 0 atom stereocenters. The fraction of sp³-hybridized carbons (Fsp3) is 0.583. The van der Waals surface area contributed by atoms with Gasteiger partial charge in [-0.05, 0) is 30.5 Å². The van der Waals surface area contributed by atoms with E-state index in [9.17, 15) is 0 Å². The number of hydrogen-bond acceptors (Lipinski definition) is 2. The van der Waals surface area contributed by atoms with Gasteiger partial charge in [-0.1, -0.05) is 26.8 Å². The van der Waals surface area contributed by atoms with Crippen molar-refractivity contribution < 1.29 is 0 Å². The average Bonchev–Trinajstić information content (AvgIpc) is 2.16. The summed E-state index contributed by atoms with van der Waals surface area (Å²) in [6, 6.07) is 4.29. The molecule has 1 rings (SSSR count). The standard InChI is InChI=1S/C12H20N2/c1-4-13-8-11-5-6-12(14-9-11)7-10(2)3/h5-6,9-10,13H,4,7-8H2,1-3H3. The van der Waals surface area contributed by atoms with E-state index in [2.05, 4.69) is 43.2 Å². The maximum Gasteiger partial charge on any atom is 0.0406 e. The van der Waals surface area contributed by atoms with E-state index in [-0.39, 0.29) is 0 Å². The predicted octanol–water partition coefficient (Wildman–Crippen LogP) is 2.39. The molecule has 1 aromatic heterocycles. The molecule has 2 heteroatoms. The second-order valence-corrected chi connectivity index (χ2v) is 4.04. The van der Waals surface area contributed by atoms with E-state index in [4.69, 9.17) is 0 Å². The van der Waals surface area contributed by atoms with Gasteiger partial charge < -0.3 is 5.32 Å². The lowest BCUT2D eigenvalue weighted by Gasteiger charge is -2.05. The van der Waals surface area contributed by atoms with Crippen molar-refractivity contribution in [3.63, 3.8) is 0 Å². The Labute approximate surface area is 86.8 Å². The Hall–Kier alpha value is -0.890. The van der Waals surface area contributed by atoms with Crippen molar-refractivity contribution in [3.8, 4) is 0 Å². The van der Waals surface area contributed by atoms with Crippen LogP contribution in [-0.4, -0.2) is 11.5 Å². The van der Waals surface area contributed by atoms with Gasteiger partial charge >= 0.3 is 0 Å². The first kappa shape index (κ1) is 11.2. The monoisotopic (exact) mass is 192 g/mol. The van der Waals surface area contributed by atoms with Crippen LogP contribution in [0.25, 0.3) is 0 Å². The van der Waals surface area contributed by atoms with Gasteiger partial charge in [-0.2, -0.15) is 0 Å². The van der Waals surface area contributed by atoms with Crippen molar-refractivity contribution in [2.45, 2.75) is 33.7 Å². The summed E-state index contributed by atoms with van der Waals surface area (Å²) >= 11 is 0. The van der Waals surface area contributed by atoms with Crippen LogP contribution in [0.3, 0.4) is 0 Å². The van der Waals surface area contributed by atoms with Crippen LogP contribution in [0.4, 0.5) is 0 Å². The molecule has 0 unspecified atom stereocenters. The van der Waals surface area contributed by atoms with Crippen LogP contribution in [0, 0.1) is 5.92 Å². The molecule has 0 bridgehead atoms. The first-order valence-corrected chi connectivity index (χ1v) is 5.37. The molecule has 0 fully saturated rings. The second kappa shape index (κ2) is 5.76. The SMILES string of the molecule is CCNCc1ccc(CC(C)C)nc1. The van der Waals surface area contributed by atoms with E-state index in [0.717, 1.165) is 19.5 Å². The summed E-state index contributed by atoms with van der Waals surface area (Å²) in [5.74, 6) is 0.683. The maximum atomic E-state index is 4.43. The molecule has 2 nitrogen and oxygen atoms in total. The van der Waals surface area contributed by atoms with Crippen LogP contribution in [0.1, 0.15) is 32.0 Å². The highest BCUT2D eigenvalue weighted by Crippen LogP contribution is 2.06. The second-order valence-electron chi connectivity index (χ2n) is 4.04. The van der Waals surface area contributed by atoms with Gasteiger partial charge in [0.2, 0.25) is 0 Å². The number of rotatable bonds is 5. The molecule has 0 radical (unpaired) electrons. The van der Waals surface area contributed by atoms with Gasteiger partial charge in [0.25, 0.3) is 0 Å². The molecule has 1 N–H and O–H groups in total. The number of aromatic nitrogens is 1. The van der Waals surface area contributed by atoms with Gasteiger partial charge in [-0.3, -0.25) is 4.98 Å². The fourth-order valence-electron chi connectivity index (χ4n) is 1.37. The lowest BCUT2D eigenvalue weighted by atomic mass is 10.1. The Morgan fingerprint density at radius 1 is 1.36 bits per heavy atom. The van der Waals surface area contributed by atoms with Crippen LogP contribution in [-0.2, 0) is 13.0 Å². The Bertz CT molecular complexity index is 252. The normalized spacial score (nSPS) is 10.9. The fourth-order valence-corrected chi connectivity index (χ4v) is 1.37. The van der Waals surface area contributed by atoms with Gasteiger partial charge in [0.1, 0.15) is 0 Å². The number of nitrogens with one attached hydrogen (secondary N) is 1. The van der Waals surface area contributed by atoms with Crippen molar-refractivity contribution >= 4 is 0 Å². The quantitative estimate of drug-likeness (QED) is 0.775. The van der Waals surface area contributed by atoms with Crippen molar-refractivity contribution in [2.24, 2.45) is 5.92 Å². The number of nitrogens with zero attached hydrogens (tertiary/aromatic N) is 1. The Balaban J connectivity index is 2.50. The van der Waals surface area contributed by atoms with Gasteiger partial charge in [0, 0.05) is 18.4 Å². The average molecular weight is 192 g/mol. The third-order valence-corrected chi connectivity index (χ3v) is 2.08. The lowest BCUT2D eigenvalue weighted by molar-refractivity contribution is 0.634. The molecule has 78 valence electrons. The molecule has 0 aromatic carbocycles. The zero-order valence-electron chi connectivity index (χ0n) is 9.38. The largest absolute Gasteiger partial charge is 0.313 e. The van der Waals surface area contributed by atoms with E-state index < -0.39 is 0 Å². The van der Waals surface area contributed by atoms with E-state index >= 15 is 0 Å². The zero-order chi connectivity index (χ0) is 10.4. The van der Waals surface area contributed by atoms with Gasteiger partial charge in [-0.25, -0.2) is 0 Å². The smallest absolute Gasteiger partial charge is 0.0406 e. The first-order valence-electron chi connectivity index (χ1n) is 5.37. The molecule has 1 heterocycles. The summed E-state index contributed by atoms with van der Waals surface area (Å²) in [7, 11) is 0. The van der Waals surface area contributed by atoms with Gasteiger partial charge in [0.05, 0.1) is 0 Å². The Morgan fingerprint density at radius 3 is 2.64 bits per heavy atom. The summed E-state index contributed by atoms with van der Waals surface area (Å²) in [5, 5.41) is 3.28. The summed E-state index contributed by atoms with van der Waals surface area (Å²) < 4.78 is 0. The summed E-state index contributed by atoms with van der Waals surface area (Å²) in [4.78, 5) is 4.43. The van der Waals surface area contributed by atoms with Gasteiger partial charge in [0.15, 0.2) is 0 Å². The van der Waals surface area contributed by atoms with E-state index in [1.54, 1.807) is 0 Å². The highest BCUT2D eigenvalue weighted by molar-refractivity contribution is 5.14. The molecule has 0 saturated heterocycles. The number of pyridine rings is 1. The van der Waals surface area contributed by atoms with E-state index in [1.807, 2.05) is 6.20 Å². The molecular formula is C12H20N2. The van der Waals surface area contributed by atoms with Crippen LogP contribution < -0.4 is 5.32 Å². The van der Waals surface area contributed by atoms with Crippen molar-refractivity contribution in [3.05, 3.63) is 29.6 Å². The lowest BCUT2D eigenvalue weighted by Crippen LogP contribution is -2.12. The van der Waals surface area contributed by atoms with E-state index in [1.165, 1.54) is 11.3 Å². The van der Waals surface area contributed by atoms with Crippen LogP contribution in [0.2, 0.25) is 0 Å². The Morgan fingerprint density at radius 2 is 2.14 bits per heavy atom. The van der Waals surface area contributed by atoms with E-state index in [0.29, 0.717) is 5.92 Å². The molecule has 0 saturated carbocycles. The Kier molecular flexibility index (Phi) is 4.60. The molecule has 0 aliphatic rings. The van der Waals surface area contributed by atoms with Crippen molar-refractivity contribution in [1.29, 1.82) is 0 Å². The molecular weight excluding hydrogens is 172 g/mol. The minimum absolute atomic E-state index is 0.683. The molecule has 0 amide bonds. The maximum absolute atomic E-state index is 4.43. The summed E-state index contributed by atoms with van der Waals surface area (Å²) in [6.45, 7) is 8.47. The van der Waals surface area contributed by atoms with Crippen LogP contribution in [0.15, 0.2) is 18.3 Å². The zero-order valence-corrected chi connectivity index (χ0v) is 9.38. The highest BCUT2D eigenvalue weighted by atomic mass is 14.8. The van der Waals surface area contributed by atoms with Crippen LogP contribution in [0.5, 0.6) is 0 Å². The van der Waals surface area contributed by atoms with Crippen molar-refractivity contribution in [2.75, 3.05) is 6.54 Å². The third kappa shape index (κ3) is 3.88. The predicted molar refractivity (Wildman–Crippen MR) is 60.2 cm³/mol. The minimum atomic E-state index is 0.683. The number of hydrogen-bond donors (Lipinski definition) is 1. The first-order chi connectivity index (χ1) is 6.72.